The summed E-state index contributed by atoms with van der Waals surface area (Å²) < 4.78 is 0. The Hall–Kier alpha value is -1.26. The van der Waals surface area contributed by atoms with Gasteiger partial charge in [-0.1, -0.05) is 0 Å². The molecule has 0 unspecified atom stereocenters. The van der Waals surface area contributed by atoms with Crippen molar-refractivity contribution in [2.75, 3.05) is 13.1 Å². The number of nitrogens with zero attached hydrogens (tertiary/aromatic N) is 1. The molecule has 0 aromatic rings. The summed E-state index contributed by atoms with van der Waals surface area (Å²) in [7, 11) is 0. The fourth-order valence-electron chi connectivity index (χ4n) is 1.86. The highest BCUT2D eigenvalue weighted by Crippen LogP contribution is 2.21. The summed E-state index contributed by atoms with van der Waals surface area (Å²) in [5.74, 6) is -1.18. The zero-order valence-electron chi connectivity index (χ0n) is 8.61. The number of aliphatic carboxylic acids is 1. The number of hydrogen-bond acceptors (Lipinski definition) is 2. The summed E-state index contributed by atoms with van der Waals surface area (Å²) in [4.78, 5) is 24.1. The van der Waals surface area contributed by atoms with Gasteiger partial charge in [0, 0.05) is 19.1 Å². The van der Waals surface area contributed by atoms with E-state index >= 15 is 0 Å². The number of nitrogens with one attached hydrogen (secondary N) is 1. The van der Waals surface area contributed by atoms with Crippen molar-refractivity contribution >= 4 is 12.0 Å². The summed E-state index contributed by atoms with van der Waals surface area (Å²) >= 11 is 0. The standard InChI is InChI=1S/C10H16N2O3/c13-9(14)7-2-1-5-12(6-7)10(15)11-8-3-4-8/h7-8H,1-6H2,(H,11,15)(H,13,14)/t7-/m1/s1. The summed E-state index contributed by atoms with van der Waals surface area (Å²) in [5.41, 5.74) is 0. The average Bonchev–Trinajstić information content (AvgIpc) is 3.02. The Labute approximate surface area is 88.4 Å². The smallest absolute Gasteiger partial charge is 0.317 e. The number of carboxylic acid groups (broad SMARTS) is 1. The highest BCUT2D eigenvalue weighted by Gasteiger charge is 2.31. The molecule has 5 heteroatoms. The lowest BCUT2D eigenvalue weighted by Crippen LogP contribution is -2.47. The molecule has 1 aliphatic heterocycles. The van der Waals surface area contributed by atoms with Crippen molar-refractivity contribution in [2.45, 2.75) is 31.7 Å². The van der Waals surface area contributed by atoms with Crippen LogP contribution in [0.3, 0.4) is 0 Å². The molecule has 5 nitrogen and oxygen atoms in total. The van der Waals surface area contributed by atoms with Crippen LogP contribution in [0.15, 0.2) is 0 Å². The van der Waals surface area contributed by atoms with Gasteiger partial charge < -0.3 is 15.3 Å². The predicted molar refractivity (Wildman–Crippen MR) is 53.5 cm³/mol. The topological polar surface area (TPSA) is 69.6 Å². The summed E-state index contributed by atoms with van der Waals surface area (Å²) in [6, 6.07) is 0.242. The highest BCUT2D eigenvalue weighted by molar-refractivity contribution is 5.77. The molecule has 0 spiro atoms. The largest absolute Gasteiger partial charge is 0.481 e. The number of rotatable bonds is 2. The first-order valence-electron chi connectivity index (χ1n) is 5.45. The van der Waals surface area contributed by atoms with E-state index in [1.54, 1.807) is 4.90 Å². The van der Waals surface area contributed by atoms with Gasteiger partial charge in [-0.05, 0) is 25.7 Å². The van der Waals surface area contributed by atoms with E-state index < -0.39 is 5.97 Å². The molecule has 1 atom stereocenters. The molecule has 2 fully saturated rings. The van der Waals surface area contributed by atoms with Gasteiger partial charge in [-0.15, -0.1) is 0 Å². The van der Waals surface area contributed by atoms with Crippen molar-refractivity contribution in [1.29, 1.82) is 0 Å². The van der Waals surface area contributed by atoms with Crippen LogP contribution in [-0.2, 0) is 4.79 Å². The van der Waals surface area contributed by atoms with E-state index in [0.717, 1.165) is 19.3 Å². The second kappa shape index (κ2) is 4.08. The van der Waals surface area contributed by atoms with Crippen molar-refractivity contribution in [3.8, 4) is 0 Å². The second-order valence-electron chi connectivity index (χ2n) is 4.35. The van der Waals surface area contributed by atoms with Crippen LogP contribution in [-0.4, -0.2) is 41.1 Å². The number of likely N-dealkylation sites (tertiary alicyclic amines) is 1. The molecule has 2 amide bonds. The van der Waals surface area contributed by atoms with Crippen molar-refractivity contribution in [1.82, 2.24) is 10.2 Å². The fraction of sp³-hybridized carbons (Fsp3) is 0.800. The van der Waals surface area contributed by atoms with Crippen LogP contribution in [0.5, 0.6) is 0 Å². The number of carbonyl (C=O) groups is 2. The first-order valence-corrected chi connectivity index (χ1v) is 5.45. The molecular weight excluding hydrogens is 196 g/mol. The maximum Gasteiger partial charge on any atom is 0.317 e. The number of amides is 2. The summed E-state index contributed by atoms with van der Waals surface area (Å²) in [6.45, 7) is 1.04. The molecule has 1 saturated heterocycles. The molecular formula is C10H16N2O3. The third-order valence-corrected chi connectivity index (χ3v) is 2.96. The normalized spacial score (nSPS) is 26.1. The van der Waals surface area contributed by atoms with Gasteiger partial charge >= 0.3 is 12.0 Å². The molecule has 0 aromatic carbocycles. The van der Waals surface area contributed by atoms with E-state index in [9.17, 15) is 9.59 Å². The zero-order chi connectivity index (χ0) is 10.8. The second-order valence-corrected chi connectivity index (χ2v) is 4.35. The number of hydrogen-bond donors (Lipinski definition) is 2. The van der Waals surface area contributed by atoms with Crippen LogP contribution in [0.4, 0.5) is 4.79 Å². The minimum Gasteiger partial charge on any atom is -0.481 e. The highest BCUT2D eigenvalue weighted by atomic mass is 16.4. The Morgan fingerprint density at radius 3 is 2.60 bits per heavy atom. The lowest BCUT2D eigenvalue weighted by atomic mass is 9.99. The molecule has 1 saturated carbocycles. The molecule has 1 aliphatic carbocycles. The maximum absolute atomic E-state index is 11.6. The van der Waals surface area contributed by atoms with Crippen molar-refractivity contribution < 1.29 is 14.7 Å². The number of piperidine rings is 1. The van der Waals surface area contributed by atoms with Crippen LogP contribution >= 0.6 is 0 Å². The third-order valence-electron chi connectivity index (χ3n) is 2.96. The Bertz CT molecular complexity index is 276. The Morgan fingerprint density at radius 1 is 1.27 bits per heavy atom. The maximum atomic E-state index is 11.6. The van der Waals surface area contributed by atoms with Gasteiger partial charge in [0.2, 0.25) is 0 Å². The van der Waals surface area contributed by atoms with Crippen LogP contribution in [0.1, 0.15) is 25.7 Å². The average molecular weight is 212 g/mol. The van der Waals surface area contributed by atoms with E-state index in [1.165, 1.54) is 0 Å². The van der Waals surface area contributed by atoms with Crippen molar-refractivity contribution in [3.63, 3.8) is 0 Å². The minimum absolute atomic E-state index is 0.0940. The molecule has 2 aliphatic rings. The molecule has 1 heterocycles. The molecule has 0 aromatic heterocycles. The third kappa shape index (κ3) is 2.61. The minimum atomic E-state index is -0.793. The first kappa shape index (κ1) is 10.3. The van der Waals surface area contributed by atoms with Gasteiger partial charge in [0.05, 0.1) is 5.92 Å². The number of urea groups is 1. The molecule has 15 heavy (non-hydrogen) atoms. The molecule has 84 valence electrons. The zero-order valence-corrected chi connectivity index (χ0v) is 8.61. The van der Waals surface area contributed by atoms with E-state index in [-0.39, 0.29) is 11.9 Å². The van der Waals surface area contributed by atoms with Gasteiger partial charge in [-0.3, -0.25) is 4.79 Å². The van der Waals surface area contributed by atoms with E-state index in [0.29, 0.717) is 25.6 Å². The van der Waals surface area contributed by atoms with Gasteiger partial charge in [-0.2, -0.15) is 0 Å². The van der Waals surface area contributed by atoms with Crippen LogP contribution < -0.4 is 5.32 Å². The van der Waals surface area contributed by atoms with E-state index in [1.807, 2.05) is 0 Å². The van der Waals surface area contributed by atoms with Crippen molar-refractivity contribution in [2.24, 2.45) is 5.92 Å². The van der Waals surface area contributed by atoms with Gasteiger partial charge in [0.15, 0.2) is 0 Å². The number of carboxylic acids is 1. The Balaban J connectivity index is 1.85. The monoisotopic (exact) mass is 212 g/mol. The first-order chi connectivity index (χ1) is 7.16. The Kier molecular flexibility index (Phi) is 2.79. The number of carbonyl (C=O) groups excluding carboxylic acids is 1. The van der Waals surface area contributed by atoms with Gasteiger partial charge in [-0.25, -0.2) is 4.79 Å². The predicted octanol–water partition coefficient (Wildman–Crippen LogP) is 0.655. The van der Waals surface area contributed by atoms with Gasteiger partial charge in [0.1, 0.15) is 0 Å². The summed E-state index contributed by atoms with van der Waals surface area (Å²) in [6.07, 6.45) is 3.58. The lowest BCUT2D eigenvalue weighted by Gasteiger charge is -2.30. The van der Waals surface area contributed by atoms with Crippen LogP contribution in [0.2, 0.25) is 0 Å². The summed E-state index contributed by atoms with van der Waals surface area (Å²) in [5, 5.41) is 11.8. The van der Waals surface area contributed by atoms with E-state index in [2.05, 4.69) is 5.32 Å². The SMILES string of the molecule is O=C(O)[C@@H]1CCCN(C(=O)NC2CC2)C1. The van der Waals surface area contributed by atoms with Crippen LogP contribution in [0, 0.1) is 5.92 Å². The molecule has 2 rings (SSSR count). The molecule has 2 N–H and O–H groups in total. The van der Waals surface area contributed by atoms with Gasteiger partial charge in [0.25, 0.3) is 0 Å². The fourth-order valence-corrected chi connectivity index (χ4v) is 1.86. The van der Waals surface area contributed by atoms with Crippen LogP contribution in [0.25, 0.3) is 0 Å². The Morgan fingerprint density at radius 2 is 2.00 bits per heavy atom. The van der Waals surface area contributed by atoms with E-state index in [4.69, 9.17) is 5.11 Å². The molecule has 0 bridgehead atoms. The molecule has 0 radical (unpaired) electrons. The quantitative estimate of drug-likeness (QED) is 0.706. The lowest BCUT2D eigenvalue weighted by molar-refractivity contribution is -0.143. The van der Waals surface area contributed by atoms with Crippen molar-refractivity contribution in [3.05, 3.63) is 0 Å².